The third-order valence-corrected chi connectivity index (χ3v) is 6.92. The number of hydrogen-bond donors (Lipinski definition) is 0. The molecule has 186 valence electrons. The molecule has 0 aliphatic carbocycles. The van der Waals surface area contributed by atoms with Gasteiger partial charge >= 0.3 is 0 Å². The van der Waals surface area contributed by atoms with Crippen LogP contribution in [0.1, 0.15) is 22.3 Å². The second-order valence-electron chi connectivity index (χ2n) is 7.78. The van der Waals surface area contributed by atoms with Gasteiger partial charge in [0.2, 0.25) is 0 Å². The Balaban J connectivity index is 1.52. The number of ether oxygens (including phenoxy) is 2. The van der Waals surface area contributed by atoms with Gasteiger partial charge in [-0.2, -0.15) is 5.26 Å². The van der Waals surface area contributed by atoms with Crippen molar-refractivity contribution in [1.82, 2.24) is 4.90 Å². The average molecular weight is 580 g/mol. The van der Waals surface area contributed by atoms with Crippen molar-refractivity contribution in [3.8, 4) is 17.6 Å². The zero-order valence-corrected chi connectivity index (χ0v) is 21.7. The molecule has 4 rings (SSSR count). The molecule has 0 saturated carbocycles. The number of nitrogens with zero attached hydrogens (tertiary/aromatic N) is 3. The largest absolute Gasteiger partial charge is 0.493 e. The topological polar surface area (TPSA) is 123 Å². The minimum absolute atomic E-state index is 0.00811. The lowest BCUT2D eigenvalue weighted by molar-refractivity contribution is -0.384. The van der Waals surface area contributed by atoms with E-state index in [0.717, 1.165) is 22.2 Å². The van der Waals surface area contributed by atoms with Gasteiger partial charge in [-0.25, -0.2) is 0 Å². The molecular weight excluding hydrogens is 562 g/mol. The third kappa shape index (κ3) is 5.82. The van der Waals surface area contributed by atoms with Gasteiger partial charge in [0.15, 0.2) is 11.5 Å². The Morgan fingerprint density at radius 1 is 1.16 bits per heavy atom. The van der Waals surface area contributed by atoms with Crippen LogP contribution in [0.2, 0.25) is 0 Å². The highest BCUT2D eigenvalue weighted by atomic mass is 79.9. The molecular formula is C26H18BrN3O6S. The second-order valence-corrected chi connectivity index (χ2v) is 9.63. The van der Waals surface area contributed by atoms with Crippen molar-refractivity contribution in [2.75, 3.05) is 7.11 Å². The SMILES string of the molecule is COc1cc(/C=C2/SC(=O)N(Cc3ccccc3C#N)C2=O)cc(Br)c1OCc1ccc([N+](=O)[O-])cc1. The number of carbonyl (C=O) groups excluding carboxylic acids is 2. The Morgan fingerprint density at radius 3 is 2.57 bits per heavy atom. The van der Waals surface area contributed by atoms with Crippen molar-refractivity contribution < 1.29 is 24.0 Å². The number of non-ortho nitro benzene ring substituents is 1. The van der Waals surface area contributed by atoms with Crippen molar-refractivity contribution in [3.63, 3.8) is 0 Å². The van der Waals surface area contributed by atoms with Gasteiger partial charge in [-0.05, 0) is 80.8 Å². The summed E-state index contributed by atoms with van der Waals surface area (Å²) in [6.07, 6.45) is 1.59. The first-order valence-corrected chi connectivity index (χ1v) is 12.4. The molecule has 0 bridgehead atoms. The molecule has 1 heterocycles. The molecule has 0 unspecified atom stereocenters. The van der Waals surface area contributed by atoms with Crippen molar-refractivity contribution in [2.24, 2.45) is 0 Å². The number of methoxy groups -OCH3 is 1. The van der Waals surface area contributed by atoms with Gasteiger partial charge in [-0.15, -0.1) is 0 Å². The third-order valence-electron chi connectivity index (χ3n) is 5.42. The molecule has 37 heavy (non-hydrogen) atoms. The highest BCUT2D eigenvalue weighted by Gasteiger charge is 2.35. The highest BCUT2D eigenvalue weighted by Crippen LogP contribution is 2.40. The number of benzene rings is 3. The number of nitriles is 1. The summed E-state index contributed by atoms with van der Waals surface area (Å²) in [5.74, 6) is 0.361. The number of halogens is 1. The molecule has 1 fully saturated rings. The molecule has 1 aliphatic rings. The van der Waals surface area contributed by atoms with Crippen molar-refractivity contribution in [1.29, 1.82) is 5.26 Å². The van der Waals surface area contributed by atoms with E-state index < -0.39 is 16.1 Å². The number of nitro benzene ring substituents is 1. The van der Waals surface area contributed by atoms with E-state index in [1.54, 1.807) is 54.6 Å². The number of amides is 2. The van der Waals surface area contributed by atoms with Crippen LogP contribution in [0, 0.1) is 21.4 Å². The smallest absolute Gasteiger partial charge is 0.293 e. The number of hydrogen-bond acceptors (Lipinski definition) is 8. The minimum atomic E-state index is -0.469. The van der Waals surface area contributed by atoms with Gasteiger partial charge < -0.3 is 9.47 Å². The predicted molar refractivity (Wildman–Crippen MR) is 141 cm³/mol. The fourth-order valence-corrected chi connectivity index (χ4v) is 4.97. The maximum Gasteiger partial charge on any atom is 0.293 e. The molecule has 0 atom stereocenters. The van der Waals surface area contributed by atoms with Gasteiger partial charge in [0, 0.05) is 12.1 Å². The van der Waals surface area contributed by atoms with Gasteiger partial charge in [0.05, 0.1) is 39.6 Å². The van der Waals surface area contributed by atoms with Crippen molar-refractivity contribution in [2.45, 2.75) is 13.2 Å². The summed E-state index contributed by atoms with van der Waals surface area (Å²) in [5, 5.41) is 19.7. The molecule has 9 nitrogen and oxygen atoms in total. The molecule has 0 N–H and O–H groups in total. The molecule has 0 aromatic heterocycles. The van der Waals surface area contributed by atoms with Crippen LogP contribution < -0.4 is 9.47 Å². The fraction of sp³-hybridized carbons (Fsp3) is 0.115. The van der Waals surface area contributed by atoms with Crippen LogP contribution in [0.3, 0.4) is 0 Å². The first kappa shape index (κ1) is 25.9. The summed E-state index contributed by atoms with van der Waals surface area (Å²) in [6, 6.07) is 18.3. The number of rotatable bonds is 8. The van der Waals surface area contributed by atoms with E-state index in [9.17, 15) is 25.0 Å². The van der Waals surface area contributed by atoms with Crippen LogP contribution in [-0.2, 0) is 17.9 Å². The first-order chi connectivity index (χ1) is 17.8. The first-order valence-electron chi connectivity index (χ1n) is 10.8. The molecule has 3 aromatic rings. The fourth-order valence-electron chi connectivity index (χ4n) is 3.56. The Labute approximate surface area is 224 Å². The lowest BCUT2D eigenvalue weighted by atomic mass is 10.1. The zero-order valence-electron chi connectivity index (χ0n) is 19.3. The lowest BCUT2D eigenvalue weighted by Gasteiger charge is -2.14. The van der Waals surface area contributed by atoms with E-state index in [-0.39, 0.29) is 23.7 Å². The highest BCUT2D eigenvalue weighted by molar-refractivity contribution is 9.10. The van der Waals surface area contributed by atoms with Crippen LogP contribution in [0.25, 0.3) is 6.08 Å². The van der Waals surface area contributed by atoms with Crippen LogP contribution in [0.4, 0.5) is 10.5 Å². The molecule has 0 spiro atoms. The minimum Gasteiger partial charge on any atom is -0.493 e. The summed E-state index contributed by atoms with van der Waals surface area (Å²) in [6.45, 7) is 0.156. The Morgan fingerprint density at radius 2 is 1.89 bits per heavy atom. The Hall–Kier alpha value is -4.14. The van der Waals surface area contributed by atoms with Crippen LogP contribution in [0.5, 0.6) is 11.5 Å². The van der Waals surface area contributed by atoms with E-state index in [1.165, 1.54) is 19.2 Å². The van der Waals surface area contributed by atoms with Gasteiger partial charge in [-0.3, -0.25) is 24.6 Å². The van der Waals surface area contributed by atoms with Crippen LogP contribution in [-0.4, -0.2) is 28.1 Å². The van der Waals surface area contributed by atoms with Crippen molar-refractivity contribution >= 4 is 50.6 Å². The molecule has 1 saturated heterocycles. The quantitative estimate of drug-likeness (QED) is 0.179. The zero-order chi connectivity index (χ0) is 26.5. The number of carbonyl (C=O) groups is 2. The maximum absolute atomic E-state index is 13.0. The summed E-state index contributed by atoms with van der Waals surface area (Å²) in [4.78, 5) is 37.3. The molecule has 3 aromatic carbocycles. The van der Waals surface area contributed by atoms with Crippen LogP contribution in [0.15, 0.2) is 70.0 Å². The van der Waals surface area contributed by atoms with Gasteiger partial charge in [-0.1, -0.05) is 18.2 Å². The summed E-state index contributed by atoms with van der Waals surface area (Å²) in [7, 11) is 1.48. The van der Waals surface area contributed by atoms with Gasteiger partial charge in [0.25, 0.3) is 16.8 Å². The van der Waals surface area contributed by atoms with E-state index in [2.05, 4.69) is 22.0 Å². The number of thioether (sulfide) groups is 1. The molecule has 11 heteroatoms. The number of imide groups is 1. The Bertz CT molecular complexity index is 1470. The number of nitro groups is 1. The standard InChI is InChI=1S/C26H18BrN3O6S/c1-35-22-11-17(10-21(27)24(22)36-15-16-6-8-20(9-7-16)30(33)34)12-23-25(31)29(26(32)37-23)14-19-5-3-2-4-18(19)13-28/h2-12H,14-15H2,1H3/b23-12+. The van der Waals surface area contributed by atoms with E-state index in [0.29, 0.717) is 32.7 Å². The predicted octanol–water partition coefficient (Wildman–Crippen LogP) is 6.05. The molecule has 2 amide bonds. The Kier molecular flexibility index (Phi) is 7.91. The lowest BCUT2D eigenvalue weighted by Crippen LogP contribution is -2.27. The van der Waals surface area contributed by atoms with E-state index >= 15 is 0 Å². The van der Waals surface area contributed by atoms with Crippen molar-refractivity contribution in [3.05, 3.63) is 102 Å². The van der Waals surface area contributed by atoms with E-state index in [1.807, 2.05) is 0 Å². The van der Waals surface area contributed by atoms with Gasteiger partial charge in [0.1, 0.15) is 6.61 Å². The van der Waals surface area contributed by atoms with E-state index in [4.69, 9.17) is 9.47 Å². The average Bonchev–Trinajstić information content (AvgIpc) is 3.15. The summed E-state index contributed by atoms with van der Waals surface area (Å²) in [5.41, 5.74) is 2.33. The molecule has 0 radical (unpaired) electrons. The monoisotopic (exact) mass is 579 g/mol. The molecule has 1 aliphatic heterocycles. The maximum atomic E-state index is 13.0. The van der Waals surface area contributed by atoms with Crippen LogP contribution >= 0.6 is 27.7 Å². The second kappa shape index (κ2) is 11.3. The summed E-state index contributed by atoms with van der Waals surface area (Å²) >= 11 is 4.29. The summed E-state index contributed by atoms with van der Waals surface area (Å²) < 4.78 is 11.9. The normalized spacial score (nSPS) is 14.1.